The monoisotopic (exact) mass is 581 g/mol. The molecule has 2 aliphatic rings. The number of esters is 1. The van der Waals surface area contributed by atoms with Crippen molar-refractivity contribution in [1.82, 2.24) is 14.9 Å². The summed E-state index contributed by atoms with van der Waals surface area (Å²) in [5.74, 6) is 0.588. The van der Waals surface area contributed by atoms with Crippen LogP contribution in [0.25, 0.3) is 0 Å². The van der Waals surface area contributed by atoms with Gasteiger partial charge in [-0.3, -0.25) is 14.6 Å². The van der Waals surface area contributed by atoms with Gasteiger partial charge in [0, 0.05) is 55.9 Å². The predicted molar refractivity (Wildman–Crippen MR) is 171 cm³/mol. The highest BCUT2D eigenvalue weighted by Crippen LogP contribution is 2.35. The maximum absolute atomic E-state index is 13.7. The Labute approximate surface area is 253 Å². The normalized spacial score (nSPS) is 15.2. The lowest BCUT2D eigenvalue weighted by molar-refractivity contribution is -0.141. The third kappa shape index (κ3) is 6.54. The second-order valence-corrected chi connectivity index (χ2v) is 11.0. The molecule has 2 aromatic carbocycles. The molecule has 5 rings (SSSR count). The summed E-state index contributed by atoms with van der Waals surface area (Å²) in [7, 11) is 2.11. The fraction of sp³-hybridized carbons (Fsp3) is 0.333. The van der Waals surface area contributed by atoms with E-state index in [0.29, 0.717) is 24.9 Å². The molecule has 10 heteroatoms. The minimum atomic E-state index is -0.315. The molecule has 0 aliphatic carbocycles. The number of nitrogens with one attached hydrogen (secondary N) is 1. The van der Waals surface area contributed by atoms with Gasteiger partial charge in [0.2, 0.25) is 5.95 Å². The van der Waals surface area contributed by atoms with Crippen LogP contribution in [0.15, 0.2) is 67.9 Å². The maximum Gasteiger partial charge on any atom is 0.330 e. The topological polar surface area (TPSA) is 94.1 Å². The van der Waals surface area contributed by atoms with Gasteiger partial charge >= 0.3 is 12.0 Å². The van der Waals surface area contributed by atoms with E-state index < -0.39 is 0 Å². The van der Waals surface area contributed by atoms with Crippen LogP contribution in [0.1, 0.15) is 22.3 Å². The minimum Gasteiger partial charge on any atom is -0.461 e. The van der Waals surface area contributed by atoms with Crippen molar-refractivity contribution in [2.24, 2.45) is 0 Å². The molecule has 224 valence electrons. The Morgan fingerprint density at radius 1 is 1.07 bits per heavy atom. The van der Waals surface area contributed by atoms with Gasteiger partial charge in [-0.25, -0.2) is 9.78 Å². The molecule has 2 amide bonds. The van der Waals surface area contributed by atoms with E-state index in [1.807, 2.05) is 50.2 Å². The van der Waals surface area contributed by atoms with Gasteiger partial charge in [-0.15, -0.1) is 6.58 Å². The first-order valence-corrected chi connectivity index (χ1v) is 14.5. The third-order valence-corrected chi connectivity index (χ3v) is 7.79. The summed E-state index contributed by atoms with van der Waals surface area (Å²) < 4.78 is 5.30. The molecule has 0 radical (unpaired) electrons. The quantitative estimate of drug-likeness (QED) is 0.264. The second-order valence-electron chi connectivity index (χ2n) is 11.0. The van der Waals surface area contributed by atoms with Crippen LogP contribution in [0.3, 0.4) is 0 Å². The van der Waals surface area contributed by atoms with Crippen LogP contribution >= 0.6 is 0 Å². The van der Waals surface area contributed by atoms with E-state index in [1.54, 1.807) is 28.1 Å². The number of fused-ring (bicyclic) bond motifs is 1. The molecule has 1 fully saturated rings. The number of carbonyl (C=O) groups excluding carboxylic acids is 2. The van der Waals surface area contributed by atoms with Crippen molar-refractivity contribution in [3.8, 4) is 0 Å². The zero-order valence-corrected chi connectivity index (χ0v) is 25.2. The van der Waals surface area contributed by atoms with Crippen LogP contribution in [-0.4, -0.2) is 73.2 Å². The highest BCUT2D eigenvalue weighted by molar-refractivity contribution is 6.06. The molecule has 1 saturated heterocycles. The molecule has 43 heavy (non-hydrogen) atoms. The summed E-state index contributed by atoms with van der Waals surface area (Å²) >= 11 is 0. The number of benzene rings is 2. The Bertz CT molecular complexity index is 1510. The van der Waals surface area contributed by atoms with E-state index >= 15 is 0 Å². The Kier molecular flexibility index (Phi) is 9.06. The van der Waals surface area contributed by atoms with Gasteiger partial charge in [-0.2, -0.15) is 4.98 Å². The first-order valence-electron chi connectivity index (χ1n) is 14.5. The van der Waals surface area contributed by atoms with E-state index in [2.05, 4.69) is 40.3 Å². The first-order chi connectivity index (χ1) is 20.8. The lowest BCUT2D eigenvalue weighted by Gasteiger charge is -2.37. The van der Waals surface area contributed by atoms with Gasteiger partial charge in [0.15, 0.2) is 0 Å². The van der Waals surface area contributed by atoms with Crippen LogP contribution in [0.2, 0.25) is 0 Å². The average Bonchev–Trinajstić information content (AvgIpc) is 2.99. The van der Waals surface area contributed by atoms with Crippen molar-refractivity contribution in [1.29, 1.82) is 0 Å². The number of aryl methyl sites for hydroxylation is 2. The number of anilines is 5. The van der Waals surface area contributed by atoms with Crippen LogP contribution in [0, 0.1) is 13.8 Å². The number of carbonyl (C=O) groups is 2. The van der Waals surface area contributed by atoms with Gasteiger partial charge in [-0.1, -0.05) is 36.9 Å². The number of piperazine rings is 1. The van der Waals surface area contributed by atoms with Gasteiger partial charge in [-0.05, 0) is 55.8 Å². The van der Waals surface area contributed by atoms with Crippen LogP contribution < -0.4 is 20.0 Å². The maximum atomic E-state index is 13.7. The zero-order chi connectivity index (χ0) is 30.5. The smallest absolute Gasteiger partial charge is 0.330 e. The second kappa shape index (κ2) is 13.1. The molecule has 3 aromatic rings. The van der Waals surface area contributed by atoms with E-state index in [4.69, 9.17) is 9.72 Å². The van der Waals surface area contributed by atoms with Crippen molar-refractivity contribution >= 4 is 40.8 Å². The van der Waals surface area contributed by atoms with Gasteiger partial charge in [0.05, 0.1) is 18.7 Å². The molecule has 0 unspecified atom stereocenters. The molecule has 0 atom stereocenters. The molecule has 0 saturated carbocycles. The zero-order valence-electron chi connectivity index (χ0n) is 25.2. The summed E-state index contributed by atoms with van der Waals surface area (Å²) in [4.78, 5) is 43.7. The van der Waals surface area contributed by atoms with Crippen LogP contribution in [-0.2, 0) is 22.5 Å². The number of hydrogen-bond donors (Lipinski definition) is 1. The number of para-hydroxylation sites is 1. The van der Waals surface area contributed by atoms with Crippen molar-refractivity contribution < 1.29 is 14.3 Å². The number of ether oxygens (including phenoxy) is 1. The number of urea groups is 1. The van der Waals surface area contributed by atoms with Crippen LogP contribution in [0.5, 0.6) is 0 Å². The Morgan fingerprint density at radius 2 is 1.81 bits per heavy atom. The predicted octanol–water partition coefficient (Wildman–Crippen LogP) is 4.99. The molecular weight excluding hydrogens is 542 g/mol. The van der Waals surface area contributed by atoms with E-state index in [-0.39, 0.29) is 25.0 Å². The summed E-state index contributed by atoms with van der Waals surface area (Å²) in [6.45, 7) is 16.0. The summed E-state index contributed by atoms with van der Waals surface area (Å²) in [6, 6.07) is 11.8. The number of hydrogen-bond acceptors (Lipinski definition) is 8. The number of amides is 2. The highest BCUT2D eigenvalue weighted by atomic mass is 16.5. The van der Waals surface area contributed by atoms with Crippen molar-refractivity contribution in [2.45, 2.75) is 26.8 Å². The fourth-order valence-electron chi connectivity index (χ4n) is 5.63. The van der Waals surface area contributed by atoms with Crippen LogP contribution in [0.4, 0.5) is 33.6 Å². The SMILES string of the molecule is C=CCOC(=O)Cc1cc(Nc2ncc3c(n2)N(CC=C)C(=O)N(c2c(C)cccc2C)C3)ccc1N1CCN(C)CC1. The molecule has 1 N–H and O–H groups in total. The molecule has 0 bridgehead atoms. The largest absolute Gasteiger partial charge is 0.461 e. The molecule has 3 heterocycles. The van der Waals surface area contributed by atoms with Gasteiger partial charge in [0.1, 0.15) is 12.4 Å². The summed E-state index contributed by atoms with van der Waals surface area (Å²) in [6.07, 6.45) is 5.15. The van der Waals surface area contributed by atoms with E-state index in [9.17, 15) is 9.59 Å². The number of nitrogens with zero attached hydrogens (tertiary/aromatic N) is 6. The lowest BCUT2D eigenvalue weighted by Crippen LogP contribution is -2.48. The number of rotatable bonds is 10. The van der Waals surface area contributed by atoms with Gasteiger partial charge in [0.25, 0.3) is 0 Å². The summed E-state index contributed by atoms with van der Waals surface area (Å²) in [5, 5.41) is 3.29. The Hall–Kier alpha value is -4.70. The minimum absolute atomic E-state index is 0.131. The van der Waals surface area contributed by atoms with Crippen molar-refractivity contribution in [3.63, 3.8) is 0 Å². The first kappa shape index (κ1) is 29.8. The lowest BCUT2D eigenvalue weighted by atomic mass is 10.1. The van der Waals surface area contributed by atoms with E-state index in [0.717, 1.165) is 65.5 Å². The van der Waals surface area contributed by atoms with Crippen molar-refractivity contribution in [3.05, 3.63) is 90.2 Å². The average molecular weight is 582 g/mol. The molecule has 0 spiro atoms. The highest BCUT2D eigenvalue weighted by Gasteiger charge is 2.34. The third-order valence-electron chi connectivity index (χ3n) is 7.79. The molecule has 10 nitrogen and oxygen atoms in total. The van der Waals surface area contributed by atoms with Crippen molar-refractivity contribution in [2.75, 3.05) is 66.4 Å². The Morgan fingerprint density at radius 3 is 2.51 bits per heavy atom. The Balaban J connectivity index is 1.43. The standard InChI is InChI=1S/C33H39N7O3/c1-6-13-39-31-26(22-40(33(39)42)30-23(3)9-8-10-24(30)4)21-34-32(36-31)35-27-11-12-28(38-16-14-37(5)15-17-38)25(19-27)20-29(41)43-18-7-2/h6-12,19,21H,1-2,13-18,20,22H2,3-5H3,(H,34,35,36). The molecule has 2 aliphatic heterocycles. The fourth-order valence-corrected chi connectivity index (χ4v) is 5.63. The number of likely N-dealkylation sites (N-methyl/N-ethyl adjacent to an activating group) is 1. The van der Waals surface area contributed by atoms with E-state index in [1.165, 1.54) is 0 Å². The molecule has 1 aromatic heterocycles. The summed E-state index contributed by atoms with van der Waals surface area (Å²) in [5.41, 5.74) is 6.39. The number of aromatic nitrogens is 2. The van der Waals surface area contributed by atoms with Gasteiger partial charge < -0.3 is 19.9 Å². The molecular formula is C33H39N7O3.